The minimum absolute atomic E-state index is 0.00678. The highest BCUT2D eigenvalue weighted by atomic mass is 32.2. The maximum atomic E-state index is 12.4. The fraction of sp³-hybridized carbons (Fsp3) is 0.429. The minimum Gasteiger partial charge on any atom is -0.493 e. The molecule has 2 aromatic rings. The van der Waals surface area contributed by atoms with Crippen LogP contribution in [0, 0.1) is 0 Å². The van der Waals surface area contributed by atoms with Gasteiger partial charge in [0.1, 0.15) is 5.82 Å². The molecule has 0 aliphatic heterocycles. The van der Waals surface area contributed by atoms with E-state index in [9.17, 15) is 17.2 Å². The van der Waals surface area contributed by atoms with Gasteiger partial charge in [-0.25, -0.2) is 13.4 Å². The molecule has 1 aromatic carbocycles. The summed E-state index contributed by atoms with van der Waals surface area (Å²) < 4.78 is 58.6. The largest absolute Gasteiger partial charge is 0.493 e. The van der Waals surface area contributed by atoms with Crippen molar-refractivity contribution in [2.24, 2.45) is 0 Å². The van der Waals surface area contributed by atoms with E-state index in [-0.39, 0.29) is 22.6 Å². The summed E-state index contributed by atoms with van der Waals surface area (Å²) in [6.07, 6.45) is 0. The Morgan fingerprint density at radius 1 is 1.25 bits per heavy atom. The summed E-state index contributed by atoms with van der Waals surface area (Å²) in [4.78, 5) is 3.97. The number of aromatic amines is 1. The number of nitrogens with one attached hydrogen (secondary N) is 1. The topological polar surface area (TPSA) is 94.2 Å². The molecule has 24 heavy (non-hydrogen) atoms. The molecule has 0 unspecified atom stereocenters. The van der Waals surface area contributed by atoms with Gasteiger partial charge in [-0.2, -0.15) is 8.78 Å². The summed E-state index contributed by atoms with van der Waals surface area (Å²) in [7, 11) is -2.51. The number of H-pyrrole nitrogens is 1. The number of nitrogens with zero attached hydrogens (tertiary/aromatic N) is 2. The lowest BCUT2D eigenvalue weighted by atomic mass is 10.2. The van der Waals surface area contributed by atoms with Crippen molar-refractivity contribution >= 4 is 9.84 Å². The Bertz CT molecular complexity index is 806. The predicted molar refractivity (Wildman–Crippen MR) is 81.0 cm³/mol. The molecule has 0 radical (unpaired) electrons. The molecule has 1 N–H and O–H groups in total. The zero-order valence-electron chi connectivity index (χ0n) is 13.3. The molecule has 0 fully saturated rings. The first-order valence-electron chi connectivity index (χ1n) is 6.99. The third-order valence-electron chi connectivity index (χ3n) is 3.11. The number of hydrogen-bond acceptors (Lipinski definition) is 6. The van der Waals surface area contributed by atoms with Crippen molar-refractivity contribution in [1.82, 2.24) is 15.2 Å². The standard InChI is InChI=1S/C14H17F2N3O4S/c1-8(2)12-17-14(19-18-12)24(20,21)7-9-4-5-10(23-13(15)16)11(6-9)22-3/h4-6,8,13H,7H2,1-3H3,(H,17,18,19). The van der Waals surface area contributed by atoms with E-state index in [0.29, 0.717) is 11.4 Å². The van der Waals surface area contributed by atoms with Crippen LogP contribution in [0.3, 0.4) is 0 Å². The van der Waals surface area contributed by atoms with Crippen molar-refractivity contribution in [2.75, 3.05) is 7.11 Å². The van der Waals surface area contributed by atoms with E-state index in [1.54, 1.807) is 0 Å². The molecule has 132 valence electrons. The van der Waals surface area contributed by atoms with Crippen LogP contribution in [0.1, 0.15) is 31.2 Å². The highest BCUT2D eigenvalue weighted by Gasteiger charge is 2.23. The van der Waals surface area contributed by atoms with Crippen molar-refractivity contribution < 1.29 is 26.7 Å². The molecule has 0 aliphatic rings. The number of sulfone groups is 1. The van der Waals surface area contributed by atoms with Crippen molar-refractivity contribution in [3.05, 3.63) is 29.6 Å². The second kappa shape index (κ2) is 7.12. The Kier molecular flexibility index (Phi) is 5.37. The van der Waals surface area contributed by atoms with Crippen molar-refractivity contribution in [3.8, 4) is 11.5 Å². The highest BCUT2D eigenvalue weighted by Crippen LogP contribution is 2.30. The molecule has 0 bridgehead atoms. The van der Waals surface area contributed by atoms with E-state index in [1.807, 2.05) is 13.8 Å². The Labute approximate surface area is 137 Å². The summed E-state index contributed by atoms with van der Waals surface area (Å²) in [5, 5.41) is 6.00. The fourth-order valence-electron chi connectivity index (χ4n) is 1.93. The minimum atomic E-state index is -3.78. The molecule has 0 spiro atoms. The summed E-state index contributed by atoms with van der Waals surface area (Å²) in [6, 6.07) is 3.92. The van der Waals surface area contributed by atoms with Gasteiger partial charge < -0.3 is 9.47 Å². The summed E-state index contributed by atoms with van der Waals surface area (Å²) >= 11 is 0. The monoisotopic (exact) mass is 361 g/mol. The maximum Gasteiger partial charge on any atom is 0.387 e. The zero-order valence-corrected chi connectivity index (χ0v) is 14.1. The molecule has 0 amide bonds. The lowest BCUT2D eigenvalue weighted by Crippen LogP contribution is -2.08. The second-order valence-corrected chi connectivity index (χ2v) is 7.16. The second-order valence-electron chi connectivity index (χ2n) is 5.28. The Morgan fingerprint density at radius 3 is 2.50 bits per heavy atom. The lowest BCUT2D eigenvalue weighted by Gasteiger charge is -2.11. The van der Waals surface area contributed by atoms with E-state index in [1.165, 1.54) is 25.3 Å². The zero-order chi connectivity index (χ0) is 17.9. The smallest absolute Gasteiger partial charge is 0.387 e. The van der Waals surface area contributed by atoms with Crippen molar-refractivity contribution in [3.63, 3.8) is 0 Å². The van der Waals surface area contributed by atoms with Crippen LogP contribution in [0.15, 0.2) is 23.4 Å². The molecule has 10 heteroatoms. The van der Waals surface area contributed by atoms with Crippen LogP contribution in [0.5, 0.6) is 11.5 Å². The normalized spacial score (nSPS) is 12.0. The van der Waals surface area contributed by atoms with Gasteiger partial charge in [0.25, 0.3) is 5.16 Å². The van der Waals surface area contributed by atoms with E-state index >= 15 is 0 Å². The van der Waals surface area contributed by atoms with E-state index in [2.05, 4.69) is 19.9 Å². The van der Waals surface area contributed by atoms with Gasteiger partial charge in [0.15, 0.2) is 11.5 Å². The van der Waals surface area contributed by atoms with Crippen LogP contribution in [-0.4, -0.2) is 37.3 Å². The lowest BCUT2D eigenvalue weighted by molar-refractivity contribution is -0.0512. The number of rotatable bonds is 7. The van der Waals surface area contributed by atoms with Crippen LogP contribution < -0.4 is 9.47 Å². The number of methoxy groups -OCH3 is 1. The number of benzene rings is 1. The van der Waals surface area contributed by atoms with Gasteiger partial charge in [-0.05, 0) is 17.7 Å². The molecule has 0 saturated heterocycles. The molecule has 7 nitrogen and oxygen atoms in total. The molecule has 1 aromatic heterocycles. The number of halogens is 2. The molecule has 1 heterocycles. The molecular weight excluding hydrogens is 344 g/mol. The van der Waals surface area contributed by atoms with Crippen LogP contribution >= 0.6 is 0 Å². The number of ether oxygens (including phenoxy) is 2. The molecular formula is C14H17F2N3O4S. The van der Waals surface area contributed by atoms with Crippen molar-refractivity contribution in [1.29, 1.82) is 0 Å². The van der Waals surface area contributed by atoms with Crippen LogP contribution in [0.25, 0.3) is 0 Å². The Morgan fingerprint density at radius 2 is 1.96 bits per heavy atom. The molecule has 2 rings (SSSR count). The van der Waals surface area contributed by atoms with Gasteiger partial charge in [0.2, 0.25) is 9.84 Å². The Balaban J connectivity index is 2.25. The average Bonchev–Trinajstić information content (AvgIpc) is 2.99. The molecule has 0 atom stereocenters. The van der Waals surface area contributed by atoms with Gasteiger partial charge in [-0.3, -0.25) is 5.10 Å². The average molecular weight is 361 g/mol. The van der Waals surface area contributed by atoms with Crippen molar-refractivity contribution in [2.45, 2.75) is 37.3 Å². The van der Waals surface area contributed by atoms with Gasteiger partial charge in [0, 0.05) is 5.92 Å². The quantitative estimate of drug-likeness (QED) is 0.814. The summed E-state index contributed by atoms with van der Waals surface area (Å²) in [5.41, 5.74) is 0.337. The first-order chi connectivity index (χ1) is 11.2. The van der Waals surface area contributed by atoms with Gasteiger partial charge in [0.05, 0.1) is 12.9 Å². The summed E-state index contributed by atoms with van der Waals surface area (Å²) in [6.45, 7) is 0.698. The number of alkyl halides is 2. The Hall–Kier alpha value is -2.23. The fourth-order valence-corrected chi connectivity index (χ4v) is 3.10. The van der Waals surface area contributed by atoms with Gasteiger partial charge in [-0.15, -0.1) is 5.10 Å². The molecule has 0 saturated carbocycles. The third-order valence-corrected chi connectivity index (χ3v) is 4.56. The van der Waals surface area contributed by atoms with Gasteiger partial charge >= 0.3 is 6.61 Å². The molecule has 0 aliphatic carbocycles. The SMILES string of the molecule is COc1cc(CS(=O)(=O)c2n[nH]c(C(C)C)n2)ccc1OC(F)F. The van der Waals surface area contributed by atoms with Crippen LogP contribution in [0.4, 0.5) is 8.78 Å². The summed E-state index contributed by atoms with van der Waals surface area (Å²) in [5.74, 6) is -0.0816. The van der Waals surface area contributed by atoms with E-state index in [0.717, 1.165) is 0 Å². The van der Waals surface area contributed by atoms with E-state index < -0.39 is 22.2 Å². The van der Waals surface area contributed by atoms with Gasteiger partial charge in [-0.1, -0.05) is 19.9 Å². The van der Waals surface area contributed by atoms with E-state index in [4.69, 9.17) is 4.74 Å². The predicted octanol–water partition coefficient (Wildman–Crippen LogP) is 2.51. The number of hydrogen-bond donors (Lipinski definition) is 1. The third kappa shape index (κ3) is 4.19. The first-order valence-corrected chi connectivity index (χ1v) is 8.65. The number of aromatic nitrogens is 3. The first kappa shape index (κ1) is 18.1. The highest BCUT2D eigenvalue weighted by molar-refractivity contribution is 7.90. The maximum absolute atomic E-state index is 12.4. The van der Waals surface area contributed by atoms with Crippen LogP contribution in [0.2, 0.25) is 0 Å². The van der Waals surface area contributed by atoms with Crippen LogP contribution in [-0.2, 0) is 15.6 Å².